The van der Waals surface area contributed by atoms with Crippen LogP contribution in [0.3, 0.4) is 0 Å². The van der Waals surface area contributed by atoms with Gasteiger partial charge in [-0.15, -0.1) is 0 Å². The maximum atomic E-state index is 13.1. The van der Waals surface area contributed by atoms with Crippen molar-refractivity contribution >= 4 is 11.8 Å². The Morgan fingerprint density at radius 2 is 1.81 bits per heavy atom. The fraction of sp³-hybridized carbons (Fsp3) is 0.630. The SMILES string of the molecule is CCCCCCCN(CC(=O)NC)C(=O)/C=C(/CCCc1ccccc1)CC1CCC1. The van der Waals surface area contributed by atoms with Gasteiger partial charge < -0.3 is 10.2 Å². The van der Waals surface area contributed by atoms with Crippen LogP contribution >= 0.6 is 0 Å². The van der Waals surface area contributed by atoms with Crippen LogP contribution in [-0.4, -0.2) is 36.9 Å². The number of benzene rings is 1. The van der Waals surface area contributed by atoms with Crippen LogP contribution in [0.2, 0.25) is 0 Å². The van der Waals surface area contributed by atoms with Gasteiger partial charge in [-0.2, -0.15) is 0 Å². The van der Waals surface area contributed by atoms with E-state index >= 15 is 0 Å². The van der Waals surface area contributed by atoms with Crippen LogP contribution in [0.25, 0.3) is 0 Å². The molecule has 31 heavy (non-hydrogen) atoms. The molecule has 2 rings (SSSR count). The van der Waals surface area contributed by atoms with Crippen LogP contribution in [0.15, 0.2) is 42.0 Å². The summed E-state index contributed by atoms with van der Waals surface area (Å²) in [6, 6.07) is 10.6. The predicted octanol–water partition coefficient (Wildman–Crippen LogP) is 5.67. The summed E-state index contributed by atoms with van der Waals surface area (Å²) in [6.07, 6.45) is 15.5. The third-order valence-corrected chi connectivity index (χ3v) is 6.37. The van der Waals surface area contributed by atoms with E-state index in [-0.39, 0.29) is 18.4 Å². The molecule has 1 aromatic rings. The van der Waals surface area contributed by atoms with Crippen LogP contribution in [0, 0.1) is 5.92 Å². The first-order valence-electron chi connectivity index (χ1n) is 12.3. The number of carbonyl (C=O) groups excluding carboxylic acids is 2. The molecule has 0 heterocycles. The van der Waals surface area contributed by atoms with Gasteiger partial charge in [0.15, 0.2) is 0 Å². The zero-order valence-electron chi connectivity index (χ0n) is 19.7. The summed E-state index contributed by atoms with van der Waals surface area (Å²) in [5, 5.41) is 2.66. The number of nitrogens with one attached hydrogen (secondary N) is 1. The topological polar surface area (TPSA) is 49.4 Å². The summed E-state index contributed by atoms with van der Waals surface area (Å²) in [4.78, 5) is 26.8. The van der Waals surface area contributed by atoms with E-state index in [0.29, 0.717) is 6.54 Å². The minimum absolute atomic E-state index is 0.00752. The van der Waals surface area contributed by atoms with Crippen molar-refractivity contribution in [2.45, 2.75) is 84.0 Å². The normalized spacial score (nSPS) is 14.2. The van der Waals surface area contributed by atoms with Gasteiger partial charge in [-0.05, 0) is 43.6 Å². The monoisotopic (exact) mass is 426 g/mol. The minimum atomic E-state index is -0.0973. The molecular formula is C27H42N2O2. The molecule has 0 spiro atoms. The molecule has 0 aliphatic heterocycles. The molecule has 172 valence electrons. The fourth-order valence-corrected chi connectivity index (χ4v) is 4.16. The first-order valence-corrected chi connectivity index (χ1v) is 12.3. The Bertz CT molecular complexity index is 680. The Hall–Kier alpha value is -2.10. The second-order valence-electron chi connectivity index (χ2n) is 8.99. The Labute approximate surface area is 189 Å². The van der Waals surface area contributed by atoms with E-state index < -0.39 is 0 Å². The molecule has 1 aliphatic rings. The van der Waals surface area contributed by atoms with E-state index in [1.165, 1.54) is 49.7 Å². The van der Waals surface area contributed by atoms with Gasteiger partial charge in [0.25, 0.3) is 0 Å². The van der Waals surface area contributed by atoms with E-state index in [9.17, 15) is 9.59 Å². The number of likely N-dealkylation sites (N-methyl/N-ethyl adjacent to an activating group) is 1. The van der Waals surface area contributed by atoms with Gasteiger partial charge in [-0.1, -0.05) is 87.8 Å². The zero-order valence-corrected chi connectivity index (χ0v) is 19.7. The molecule has 1 N–H and O–H groups in total. The number of hydrogen-bond acceptors (Lipinski definition) is 2. The third-order valence-electron chi connectivity index (χ3n) is 6.37. The lowest BCUT2D eigenvalue weighted by Gasteiger charge is -2.27. The second kappa shape index (κ2) is 14.8. The van der Waals surface area contributed by atoms with Crippen molar-refractivity contribution < 1.29 is 9.59 Å². The van der Waals surface area contributed by atoms with E-state index in [1.54, 1.807) is 11.9 Å². The van der Waals surface area contributed by atoms with E-state index in [1.807, 2.05) is 12.1 Å². The highest BCUT2D eigenvalue weighted by molar-refractivity contribution is 5.91. The maximum Gasteiger partial charge on any atom is 0.246 e. The van der Waals surface area contributed by atoms with Crippen LogP contribution in [0.1, 0.15) is 83.1 Å². The Kier molecular flexibility index (Phi) is 12.0. The summed E-state index contributed by atoms with van der Waals surface area (Å²) in [5.74, 6) is 0.644. The highest BCUT2D eigenvalue weighted by atomic mass is 16.2. The molecule has 0 atom stereocenters. The minimum Gasteiger partial charge on any atom is -0.358 e. The van der Waals surface area contributed by atoms with Crippen molar-refractivity contribution in [3.63, 3.8) is 0 Å². The number of carbonyl (C=O) groups is 2. The van der Waals surface area contributed by atoms with Crippen LogP contribution in [0.5, 0.6) is 0 Å². The molecule has 1 aromatic carbocycles. The highest BCUT2D eigenvalue weighted by Gasteiger charge is 2.21. The van der Waals surface area contributed by atoms with Crippen molar-refractivity contribution in [2.75, 3.05) is 20.1 Å². The summed E-state index contributed by atoms with van der Waals surface area (Å²) < 4.78 is 0. The first kappa shape index (κ1) is 25.2. The van der Waals surface area contributed by atoms with Crippen molar-refractivity contribution in [1.29, 1.82) is 0 Å². The molecule has 1 saturated carbocycles. The van der Waals surface area contributed by atoms with Crippen molar-refractivity contribution in [3.05, 3.63) is 47.5 Å². The number of aryl methyl sites for hydroxylation is 1. The summed E-state index contributed by atoms with van der Waals surface area (Å²) >= 11 is 0. The molecule has 2 amide bonds. The maximum absolute atomic E-state index is 13.1. The molecule has 4 nitrogen and oxygen atoms in total. The average Bonchev–Trinajstić information content (AvgIpc) is 2.75. The van der Waals surface area contributed by atoms with Crippen molar-refractivity contribution in [3.8, 4) is 0 Å². The molecule has 1 fully saturated rings. The second-order valence-corrected chi connectivity index (χ2v) is 8.99. The number of unbranched alkanes of at least 4 members (excludes halogenated alkanes) is 4. The molecule has 0 aromatic heterocycles. The number of hydrogen-bond donors (Lipinski definition) is 1. The lowest BCUT2D eigenvalue weighted by atomic mass is 9.80. The Balaban J connectivity index is 1.96. The summed E-state index contributed by atoms with van der Waals surface area (Å²) in [6.45, 7) is 3.02. The van der Waals surface area contributed by atoms with Gasteiger partial charge in [-0.25, -0.2) is 0 Å². The van der Waals surface area contributed by atoms with E-state index in [0.717, 1.165) is 44.4 Å². The quantitative estimate of drug-likeness (QED) is 0.290. The number of nitrogens with zero attached hydrogens (tertiary/aromatic N) is 1. The van der Waals surface area contributed by atoms with Crippen LogP contribution in [0.4, 0.5) is 0 Å². The number of rotatable bonds is 15. The van der Waals surface area contributed by atoms with Gasteiger partial charge >= 0.3 is 0 Å². The fourth-order valence-electron chi connectivity index (χ4n) is 4.16. The lowest BCUT2D eigenvalue weighted by Crippen LogP contribution is -2.39. The molecule has 0 radical (unpaired) electrons. The zero-order chi connectivity index (χ0) is 22.3. The lowest BCUT2D eigenvalue weighted by molar-refractivity contribution is -0.132. The number of amides is 2. The average molecular weight is 427 g/mol. The molecule has 4 heteroatoms. The summed E-state index contributed by atoms with van der Waals surface area (Å²) in [7, 11) is 1.63. The molecular weight excluding hydrogens is 384 g/mol. The Morgan fingerprint density at radius 3 is 2.45 bits per heavy atom. The molecule has 1 aliphatic carbocycles. The van der Waals surface area contributed by atoms with Gasteiger partial charge in [0.1, 0.15) is 0 Å². The molecule has 0 bridgehead atoms. The van der Waals surface area contributed by atoms with E-state index in [2.05, 4.69) is 36.5 Å². The predicted molar refractivity (Wildman–Crippen MR) is 129 cm³/mol. The first-order chi connectivity index (χ1) is 15.1. The smallest absolute Gasteiger partial charge is 0.246 e. The van der Waals surface area contributed by atoms with Gasteiger partial charge in [0.2, 0.25) is 11.8 Å². The van der Waals surface area contributed by atoms with Gasteiger partial charge in [0.05, 0.1) is 6.54 Å². The van der Waals surface area contributed by atoms with Gasteiger partial charge in [0, 0.05) is 19.7 Å². The van der Waals surface area contributed by atoms with Crippen LogP contribution in [-0.2, 0) is 16.0 Å². The third kappa shape index (κ3) is 10.2. The van der Waals surface area contributed by atoms with Gasteiger partial charge in [-0.3, -0.25) is 9.59 Å². The Morgan fingerprint density at radius 1 is 1.06 bits per heavy atom. The number of allylic oxidation sites excluding steroid dienone is 1. The molecule has 0 unspecified atom stereocenters. The van der Waals surface area contributed by atoms with Crippen LogP contribution < -0.4 is 5.32 Å². The molecule has 0 saturated heterocycles. The van der Waals surface area contributed by atoms with E-state index in [4.69, 9.17) is 0 Å². The van der Waals surface area contributed by atoms with Crippen molar-refractivity contribution in [1.82, 2.24) is 10.2 Å². The standard InChI is InChI=1S/C27H42N2O2/c1-3-4-5-6-10-19-29(22-26(30)28-2)27(31)21-25(20-24-16-12-17-24)18-11-15-23-13-8-7-9-14-23/h7-9,13-14,21,24H,3-6,10-12,15-20,22H2,1-2H3,(H,28,30)/b25-21-. The highest BCUT2D eigenvalue weighted by Crippen LogP contribution is 2.33. The van der Waals surface area contributed by atoms with Crippen molar-refractivity contribution in [2.24, 2.45) is 5.92 Å². The summed E-state index contributed by atoms with van der Waals surface area (Å²) in [5.41, 5.74) is 2.61. The largest absolute Gasteiger partial charge is 0.358 e.